The maximum absolute atomic E-state index is 12.1. The lowest BCUT2D eigenvalue weighted by atomic mass is 10.1. The first-order valence-corrected chi connectivity index (χ1v) is 7.57. The molecule has 1 unspecified atom stereocenters. The molecule has 1 atom stereocenters. The van der Waals surface area contributed by atoms with Gasteiger partial charge in [-0.3, -0.25) is 0 Å². The number of benzene rings is 1. The molecule has 2 rings (SSSR count). The Labute approximate surface area is 118 Å². The van der Waals surface area contributed by atoms with Gasteiger partial charge in [0.15, 0.2) is 0 Å². The van der Waals surface area contributed by atoms with E-state index >= 15 is 0 Å². The molecule has 0 aliphatic heterocycles. The number of hydrogen-bond acceptors (Lipinski definition) is 5. The standard InChI is InChI=1S/C13H16N4O2S/c1-10(14)11-2-4-13(5-3-11)20(18,19)17-8-12-6-7-15-9-16-12/h2-7,9-10,17H,8,14H2,1H3. The quantitative estimate of drug-likeness (QED) is 0.856. The van der Waals surface area contributed by atoms with Crippen molar-refractivity contribution in [3.63, 3.8) is 0 Å². The minimum absolute atomic E-state index is 0.124. The Kier molecular flexibility index (Phi) is 4.43. The van der Waals surface area contributed by atoms with Crippen LogP contribution in [-0.4, -0.2) is 18.4 Å². The molecule has 0 amide bonds. The van der Waals surface area contributed by atoms with Gasteiger partial charge in [0, 0.05) is 12.2 Å². The second kappa shape index (κ2) is 6.08. The number of sulfonamides is 1. The lowest BCUT2D eigenvalue weighted by Gasteiger charge is -2.09. The van der Waals surface area contributed by atoms with Gasteiger partial charge in [-0.1, -0.05) is 12.1 Å². The largest absolute Gasteiger partial charge is 0.324 e. The van der Waals surface area contributed by atoms with Gasteiger partial charge in [0.25, 0.3) is 0 Å². The minimum atomic E-state index is -3.55. The molecule has 0 aliphatic rings. The van der Waals surface area contributed by atoms with Crippen LogP contribution in [0.2, 0.25) is 0 Å². The fraction of sp³-hybridized carbons (Fsp3) is 0.231. The van der Waals surface area contributed by atoms with E-state index in [2.05, 4.69) is 14.7 Å². The van der Waals surface area contributed by atoms with Crippen LogP contribution in [0.15, 0.2) is 47.8 Å². The minimum Gasteiger partial charge on any atom is -0.324 e. The third-order valence-corrected chi connectivity index (χ3v) is 4.22. The lowest BCUT2D eigenvalue weighted by molar-refractivity contribution is 0.580. The Morgan fingerprint density at radius 2 is 1.95 bits per heavy atom. The summed E-state index contributed by atoms with van der Waals surface area (Å²) >= 11 is 0. The fourth-order valence-corrected chi connectivity index (χ4v) is 2.62. The second-order valence-electron chi connectivity index (χ2n) is 4.38. The second-order valence-corrected chi connectivity index (χ2v) is 6.15. The molecule has 1 heterocycles. The average molecular weight is 292 g/mol. The Morgan fingerprint density at radius 1 is 1.25 bits per heavy atom. The number of nitrogens with zero attached hydrogens (tertiary/aromatic N) is 2. The van der Waals surface area contributed by atoms with Crippen LogP contribution >= 0.6 is 0 Å². The van der Waals surface area contributed by atoms with E-state index in [0.717, 1.165) is 5.56 Å². The summed E-state index contributed by atoms with van der Waals surface area (Å²) in [7, 11) is -3.55. The van der Waals surface area contributed by atoms with Crippen molar-refractivity contribution in [2.24, 2.45) is 5.73 Å². The highest BCUT2D eigenvalue weighted by molar-refractivity contribution is 7.89. The number of rotatable bonds is 5. The Balaban J connectivity index is 2.10. The van der Waals surface area contributed by atoms with Crippen LogP contribution in [0.5, 0.6) is 0 Å². The summed E-state index contributed by atoms with van der Waals surface area (Å²) in [6.45, 7) is 1.97. The topological polar surface area (TPSA) is 98.0 Å². The molecule has 0 bridgehead atoms. The van der Waals surface area contributed by atoms with Gasteiger partial charge >= 0.3 is 0 Å². The van der Waals surface area contributed by atoms with Gasteiger partial charge in [-0.2, -0.15) is 0 Å². The van der Waals surface area contributed by atoms with Crippen molar-refractivity contribution < 1.29 is 8.42 Å². The first kappa shape index (κ1) is 14.6. The summed E-state index contributed by atoms with van der Waals surface area (Å²) in [5, 5.41) is 0. The van der Waals surface area contributed by atoms with Crippen LogP contribution in [0.1, 0.15) is 24.2 Å². The van der Waals surface area contributed by atoms with Crippen molar-refractivity contribution in [2.75, 3.05) is 0 Å². The molecule has 106 valence electrons. The molecule has 0 spiro atoms. The molecule has 6 nitrogen and oxygen atoms in total. The summed E-state index contributed by atoms with van der Waals surface area (Å²) < 4.78 is 26.7. The monoisotopic (exact) mass is 292 g/mol. The van der Waals surface area contributed by atoms with Crippen molar-refractivity contribution in [3.8, 4) is 0 Å². The summed E-state index contributed by atoms with van der Waals surface area (Å²) in [5.41, 5.74) is 7.22. The van der Waals surface area contributed by atoms with Crippen LogP contribution in [0.25, 0.3) is 0 Å². The smallest absolute Gasteiger partial charge is 0.240 e. The van der Waals surface area contributed by atoms with Gasteiger partial charge in [-0.15, -0.1) is 0 Å². The predicted octanol–water partition coefficient (Wildman–Crippen LogP) is 0.975. The zero-order chi connectivity index (χ0) is 14.6. The number of nitrogens with one attached hydrogen (secondary N) is 1. The van der Waals surface area contributed by atoms with Crippen molar-refractivity contribution >= 4 is 10.0 Å². The zero-order valence-corrected chi connectivity index (χ0v) is 11.8. The van der Waals surface area contributed by atoms with Gasteiger partial charge in [-0.25, -0.2) is 23.1 Å². The van der Waals surface area contributed by atoms with Gasteiger partial charge in [0.2, 0.25) is 10.0 Å². The molecule has 1 aromatic heterocycles. The summed E-state index contributed by atoms with van der Waals surface area (Å²) in [6.07, 6.45) is 2.94. The maximum atomic E-state index is 12.1. The SMILES string of the molecule is CC(N)c1ccc(S(=O)(=O)NCc2ccncn2)cc1. The van der Waals surface area contributed by atoms with Crippen LogP contribution < -0.4 is 10.5 Å². The number of hydrogen-bond donors (Lipinski definition) is 2. The van der Waals surface area contributed by atoms with Crippen LogP contribution in [0.4, 0.5) is 0 Å². The van der Waals surface area contributed by atoms with Crippen molar-refractivity contribution in [1.82, 2.24) is 14.7 Å². The molecule has 1 aromatic carbocycles. The van der Waals surface area contributed by atoms with Crippen molar-refractivity contribution in [1.29, 1.82) is 0 Å². The van der Waals surface area contributed by atoms with Gasteiger partial charge in [-0.05, 0) is 30.7 Å². The molecule has 20 heavy (non-hydrogen) atoms. The van der Waals surface area contributed by atoms with Crippen LogP contribution in [0, 0.1) is 0 Å². The van der Waals surface area contributed by atoms with Gasteiger partial charge in [0.05, 0.1) is 17.1 Å². The first-order valence-electron chi connectivity index (χ1n) is 6.09. The summed E-state index contributed by atoms with van der Waals surface area (Å²) in [5.74, 6) is 0. The lowest BCUT2D eigenvalue weighted by Crippen LogP contribution is -2.23. The molecule has 0 fully saturated rings. The van der Waals surface area contributed by atoms with Crippen LogP contribution in [0.3, 0.4) is 0 Å². The van der Waals surface area contributed by atoms with E-state index in [4.69, 9.17) is 5.73 Å². The summed E-state index contributed by atoms with van der Waals surface area (Å²) in [4.78, 5) is 7.94. The molecule has 0 radical (unpaired) electrons. The van der Waals surface area contributed by atoms with Crippen molar-refractivity contribution in [2.45, 2.75) is 24.4 Å². The highest BCUT2D eigenvalue weighted by Gasteiger charge is 2.14. The van der Waals surface area contributed by atoms with Gasteiger partial charge < -0.3 is 5.73 Å². The number of nitrogens with two attached hydrogens (primary N) is 1. The van der Waals surface area contributed by atoms with E-state index in [1.165, 1.54) is 6.33 Å². The third kappa shape index (κ3) is 3.60. The van der Waals surface area contributed by atoms with Crippen molar-refractivity contribution in [3.05, 3.63) is 54.1 Å². The molecular weight excluding hydrogens is 276 g/mol. The van der Waals surface area contributed by atoms with E-state index in [0.29, 0.717) is 5.69 Å². The Bertz CT molecular complexity index is 655. The zero-order valence-electron chi connectivity index (χ0n) is 11.0. The Morgan fingerprint density at radius 3 is 2.50 bits per heavy atom. The van der Waals surface area contributed by atoms with E-state index < -0.39 is 10.0 Å². The first-order chi connectivity index (χ1) is 9.49. The third-order valence-electron chi connectivity index (χ3n) is 2.80. The maximum Gasteiger partial charge on any atom is 0.240 e. The molecule has 3 N–H and O–H groups in total. The number of aromatic nitrogens is 2. The Hall–Kier alpha value is -1.83. The van der Waals surface area contributed by atoms with E-state index in [9.17, 15) is 8.42 Å². The molecule has 0 saturated heterocycles. The van der Waals surface area contributed by atoms with E-state index in [-0.39, 0.29) is 17.5 Å². The van der Waals surface area contributed by atoms with Crippen LogP contribution in [-0.2, 0) is 16.6 Å². The summed E-state index contributed by atoms with van der Waals surface area (Å²) in [6, 6.07) is 8.04. The normalized spacial score (nSPS) is 13.1. The highest BCUT2D eigenvalue weighted by Crippen LogP contribution is 2.14. The molecular formula is C13H16N4O2S. The van der Waals surface area contributed by atoms with Gasteiger partial charge in [0.1, 0.15) is 6.33 Å². The molecule has 7 heteroatoms. The highest BCUT2D eigenvalue weighted by atomic mass is 32.2. The average Bonchev–Trinajstić information content (AvgIpc) is 2.46. The molecule has 0 saturated carbocycles. The predicted molar refractivity (Wildman–Crippen MR) is 75.1 cm³/mol. The van der Waals surface area contributed by atoms with E-state index in [1.54, 1.807) is 36.5 Å². The molecule has 0 aliphatic carbocycles. The fourth-order valence-electron chi connectivity index (χ4n) is 1.63. The van der Waals surface area contributed by atoms with E-state index in [1.807, 2.05) is 6.92 Å². The molecule has 2 aromatic rings.